The van der Waals surface area contributed by atoms with E-state index in [1.807, 2.05) is 0 Å². The SMILES string of the molecule is Cc1nc(Oc2ccccc2F)nc(C)c1NS(=O)(=O)c1ccc(F)c(-c2nn[nH]n2)c1. The van der Waals surface area contributed by atoms with Crippen molar-refractivity contribution in [3.8, 4) is 23.1 Å². The fraction of sp³-hybridized carbons (Fsp3) is 0.105. The number of anilines is 1. The minimum Gasteiger partial charge on any atom is -0.421 e. The second-order valence-electron chi connectivity index (χ2n) is 6.57. The van der Waals surface area contributed by atoms with Crippen molar-refractivity contribution in [3.63, 3.8) is 0 Å². The van der Waals surface area contributed by atoms with Gasteiger partial charge in [-0.1, -0.05) is 12.1 Å². The fourth-order valence-corrected chi connectivity index (χ4v) is 4.02. The molecule has 0 aliphatic carbocycles. The van der Waals surface area contributed by atoms with Crippen molar-refractivity contribution in [2.45, 2.75) is 18.7 Å². The maximum Gasteiger partial charge on any atom is 0.322 e. The minimum absolute atomic E-state index is 0.0695. The number of halogens is 2. The number of aromatic nitrogens is 6. The monoisotopic (exact) mass is 459 g/mol. The molecule has 0 spiro atoms. The standard InChI is InChI=1S/C19H15F2N7O3S/c1-10-17(11(2)23-19(22-10)31-16-6-4-3-5-15(16)21)26-32(29,30)12-7-8-14(20)13(9-12)18-24-27-28-25-18/h3-9,26H,1-2H3,(H,24,25,27,28). The van der Waals surface area contributed by atoms with E-state index >= 15 is 0 Å². The third-order valence-corrected chi connectivity index (χ3v) is 5.71. The molecule has 0 saturated carbocycles. The normalized spacial score (nSPS) is 11.4. The Hall–Kier alpha value is -4.00. The highest BCUT2D eigenvalue weighted by molar-refractivity contribution is 7.92. The van der Waals surface area contributed by atoms with E-state index in [1.54, 1.807) is 6.07 Å². The average Bonchev–Trinajstić information content (AvgIpc) is 3.27. The molecule has 13 heteroatoms. The van der Waals surface area contributed by atoms with Gasteiger partial charge in [0, 0.05) is 0 Å². The molecule has 0 amide bonds. The summed E-state index contributed by atoms with van der Waals surface area (Å²) in [4.78, 5) is 7.97. The summed E-state index contributed by atoms with van der Waals surface area (Å²) >= 11 is 0. The molecule has 0 saturated heterocycles. The van der Waals surface area contributed by atoms with Crippen LogP contribution in [0.5, 0.6) is 11.8 Å². The fourth-order valence-electron chi connectivity index (χ4n) is 2.82. The molecule has 0 radical (unpaired) electrons. The lowest BCUT2D eigenvalue weighted by Gasteiger charge is -2.14. The van der Waals surface area contributed by atoms with Gasteiger partial charge in [-0.3, -0.25) is 4.72 Å². The molecule has 0 atom stereocenters. The van der Waals surface area contributed by atoms with Crippen LogP contribution in [0.3, 0.4) is 0 Å². The molecule has 0 aliphatic heterocycles. The predicted molar refractivity (Wildman–Crippen MR) is 108 cm³/mol. The van der Waals surface area contributed by atoms with E-state index in [4.69, 9.17) is 4.74 Å². The molecule has 2 aromatic heterocycles. The first-order chi connectivity index (χ1) is 15.2. The lowest BCUT2D eigenvalue weighted by molar-refractivity contribution is 0.409. The Bertz CT molecular complexity index is 1370. The summed E-state index contributed by atoms with van der Waals surface area (Å²) in [6.45, 7) is 3.08. The number of hydrogen-bond donors (Lipinski definition) is 2. The molecular weight excluding hydrogens is 444 g/mol. The average molecular weight is 459 g/mol. The van der Waals surface area contributed by atoms with Crippen LogP contribution in [0.1, 0.15) is 11.4 Å². The maximum atomic E-state index is 14.1. The molecule has 0 bridgehead atoms. The lowest BCUT2D eigenvalue weighted by atomic mass is 10.2. The van der Waals surface area contributed by atoms with E-state index in [-0.39, 0.29) is 45.1 Å². The zero-order valence-corrected chi connectivity index (χ0v) is 17.5. The van der Waals surface area contributed by atoms with Gasteiger partial charge in [0.2, 0.25) is 5.82 Å². The first-order valence-corrected chi connectivity index (χ1v) is 10.6. The first-order valence-electron chi connectivity index (χ1n) is 9.08. The third-order valence-electron chi connectivity index (χ3n) is 4.36. The molecule has 2 N–H and O–H groups in total. The highest BCUT2D eigenvalue weighted by Gasteiger charge is 2.22. The Kier molecular flexibility index (Phi) is 5.48. The quantitative estimate of drug-likeness (QED) is 0.449. The van der Waals surface area contributed by atoms with Crippen LogP contribution in [0.15, 0.2) is 47.4 Å². The lowest BCUT2D eigenvalue weighted by Crippen LogP contribution is -2.16. The summed E-state index contributed by atoms with van der Waals surface area (Å²) < 4.78 is 61.6. The van der Waals surface area contributed by atoms with Crippen LogP contribution < -0.4 is 9.46 Å². The number of aryl methyl sites for hydroxylation is 2. The van der Waals surface area contributed by atoms with Gasteiger partial charge in [0.05, 0.1) is 27.5 Å². The number of rotatable bonds is 6. The van der Waals surface area contributed by atoms with Crippen molar-refractivity contribution in [1.82, 2.24) is 30.6 Å². The van der Waals surface area contributed by atoms with Crippen LogP contribution in [0.2, 0.25) is 0 Å². The van der Waals surface area contributed by atoms with Gasteiger partial charge in [-0.05, 0) is 49.4 Å². The van der Waals surface area contributed by atoms with E-state index in [0.717, 1.165) is 18.2 Å². The number of nitrogens with zero attached hydrogens (tertiary/aromatic N) is 5. The summed E-state index contributed by atoms with van der Waals surface area (Å²) in [5, 5.41) is 12.9. The van der Waals surface area contributed by atoms with Crippen LogP contribution in [0, 0.1) is 25.5 Å². The van der Waals surface area contributed by atoms with Gasteiger partial charge in [-0.15, -0.1) is 10.2 Å². The van der Waals surface area contributed by atoms with Crippen LogP contribution in [0.4, 0.5) is 14.5 Å². The van der Waals surface area contributed by atoms with E-state index in [2.05, 4.69) is 35.3 Å². The van der Waals surface area contributed by atoms with Crippen molar-refractivity contribution in [1.29, 1.82) is 0 Å². The van der Waals surface area contributed by atoms with Crippen molar-refractivity contribution < 1.29 is 21.9 Å². The number of benzene rings is 2. The number of ether oxygens (including phenoxy) is 1. The van der Waals surface area contributed by atoms with Crippen molar-refractivity contribution in [3.05, 3.63) is 65.5 Å². The zero-order valence-electron chi connectivity index (χ0n) is 16.7. The molecule has 4 rings (SSSR count). The van der Waals surface area contributed by atoms with Gasteiger partial charge in [-0.2, -0.15) is 15.2 Å². The van der Waals surface area contributed by atoms with Gasteiger partial charge in [0.1, 0.15) is 5.82 Å². The van der Waals surface area contributed by atoms with Gasteiger partial charge in [-0.25, -0.2) is 17.2 Å². The molecule has 164 valence electrons. The number of sulfonamides is 1. The van der Waals surface area contributed by atoms with Crippen LogP contribution >= 0.6 is 0 Å². The van der Waals surface area contributed by atoms with E-state index in [9.17, 15) is 17.2 Å². The second kappa shape index (κ2) is 8.26. The molecule has 4 aromatic rings. The molecule has 2 aromatic carbocycles. The highest BCUT2D eigenvalue weighted by Crippen LogP contribution is 2.28. The number of tetrazole rings is 1. The number of nitrogens with one attached hydrogen (secondary N) is 2. The smallest absolute Gasteiger partial charge is 0.322 e. The molecule has 2 heterocycles. The Morgan fingerprint density at radius 3 is 2.38 bits per heavy atom. The van der Waals surface area contributed by atoms with Crippen LogP contribution in [0.25, 0.3) is 11.4 Å². The second-order valence-corrected chi connectivity index (χ2v) is 8.25. The van der Waals surface area contributed by atoms with Crippen molar-refractivity contribution >= 4 is 15.7 Å². The first kappa shape index (κ1) is 21.2. The highest BCUT2D eigenvalue weighted by atomic mass is 32.2. The Morgan fingerprint density at radius 1 is 1.00 bits per heavy atom. The van der Waals surface area contributed by atoms with Crippen molar-refractivity contribution in [2.24, 2.45) is 0 Å². The minimum atomic E-state index is -4.15. The topological polar surface area (TPSA) is 136 Å². The van der Waals surface area contributed by atoms with Crippen molar-refractivity contribution in [2.75, 3.05) is 4.72 Å². The summed E-state index contributed by atoms with van der Waals surface area (Å²) in [5.74, 6) is -1.47. The zero-order chi connectivity index (χ0) is 22.9. The number of para-hydroxylation sites is 1. The Morgan fingerprint density at radius 2 is 1.72 bits per heavy atom. The molecular formula is C19H15F2N7O3S. The molecule has 10 nitrogen and oxygen atoms in total. The maximum absolute atomic E-state index is 14.1. The summed E-state index contributed by atoms with van der Waals surface area (Å²) in [5.41, 5.74) is 0.456. The molecule has 32 heavy (non-hydrogen) atoms. The number of hydrogen-bond acceptors (Lipinski definition) is 8. The van der Waals surface area contributed by atoms with Gasteiger partial charge in [0.25, 0.3) is 10.0 Å². The van der Waals surface area contributed by atoms with E-state index in [1.165, 1.54) is 32.0 Å². The summed E-state index contributed by atoms with van der Waals surface area (Å²) in [6.07, 6.45) is 0. The third kappa shape index (κ3) is 4.23. The van der Waals surface area contributed by atoms with Crippen LogP contribution in [-0.2, 0) is 10.0 Å². The van der Waals surface area contributed by atoms with Gasteiger partial charge >= 0.3 is 6.01 Å². The molecule has 0 aliphatic rings. The predicted octanol–water partition coefficient (Wildman–Crippen LogP) is 3.14. The Balaban J connectivity index is 1.64. The van der Waals surface area contributed by atoms with Crippen LogP contribution in [-0.4, -0.2) is 39.0 Å². The number of aromatic amines is 1. The molecule has 0 fully saturated rings. The van der Waals surface area contributed by atoms with Gasteiger partial charge in [0.15, 0.2) is 11.6 Å². The van der Waals surface area contributed by atoms with Gasteiger partial charge < -0.3 is 4.74 Å². The Labute approximate surface area is 180 Å². The number of H-pyrrole nitrogens is 1. The largest absolute Gasteiger partial charge is 0.421 e. The van der Waals surface area contributed by atoms with E-state index in [0.29, 0.717) is 0 Å². The summed E-state index contributed by atoms with van der Waals surface area (Å²) in [6, 6.07) is 8.77. The molecule has 0 unspecified atom stereocenters. The van der Waals surface area contributed by atoms with E-state index < -0.39 is 21.7 Å². The summed E-state index contributed by atoms with van der Waals surface area (Å²) in [7, 11) is -4.15.